The Balaban J connectivity index is 2.30. The number of rotatable bonds is 4. The fourth-order valence-corrected chi connectivity index (χ4v) is 2.17. The van der Waals surface area contributed by atoms with Gasteiger partial charge in [0.1, 0.15) is 11.6 Å². The fraction of sp³-hybridized carbons (Fsp3) is 0.200. The standard InChI is InChI=1S/C15H14ClF2N/c1-19-15(7-10-5-3-2-4-6-10)11-8-14(18)12(16)9-13(11)17/h2-6,8-9,15,19H,7H2,1H3. The molecular formula is C15H14ClF2N. The second kappa shape index (κ2) is 6.13. The van der Waals surface area contributed by atoms with Crippen molar-refractivity contribution in [2.45, 2.75) is 12.5 Å². The Morgan fingerprint density at radius 2 is 1.79 bits per heavy atom. The molecule has 19 heavy (non-hydrogen) atoms. The van der Waals surface area contributed by atoms with Crippen molar-refractivity contribution in [3.8, 4) is 0 Å². The predicted octanol–water partition coefficient (Wildman–Crippen LogP) is 4.12. The lowest BCUT2D eigenvalue weighted by molar-refractivity contribution is 0.523. The van der Waals surface area contributed by atoms with Gasteiger partial charge < -0.3 is 5.32 Å². The summed E-state index contributed by atoms with van der Waals surface area (Å²) in [6.07, 6.45) is 0.579. The molecule has 0 fully saturated rings. The molecule has 1 nitrogen and oxygen atoms in total. The van der Waals surface area contributed by atoms with Gasteiger partial charge in [0.2, 0.25) is 0 Å². The van der Waals surface area contributed by atoms with Crippen LogP contribution in [0.25, 0.3) is 0 Å². The summed E-state index contributed by atoms with van der Waals surface area (Å²) in [5, 5.41) is 2.81. The van der Waals surface area contributed by atoms with Crippen molar-refractivity contribution >= 4 is 11.6 Å². The molecule has 0 saturated carbocycles. The van der Waals surface area contributed by atoms with Crippen LogP contribution in [0.5, 0.6) is 0 Å². The van der Waals surface area contributed by atoms with Gasteiger partial charge in [0.25, 0.3) is 0 Å². The molecule has 2 aromatic carbocycles. The maximum absolute atomic E-state index is 13.9. The van der Waals surface area contributed by atoms with Crippen molar-refractivity contribution in [2.75, 3.05) is 7.05 Å². The molecule has 0 spiro atoms. The van der Waals surface area contributed by atoms with Gasteiger partial charge in [-0.2, -0.15) is 0 Å². The first-order valence-electron chi connectivity index (χ1n) is 5.97. The van der Waals surface area contributed by atoms with Crippen LogP contribution in [0.15, 0.2) is 42.5 Å². The van der Waals surface area contributed by atoms with Crippen LogP contribution in [0.3, 0.4) is 0 Å². The van der Waals surface area contributed by atoms with Crippen LogP contribution in [0.2, 0.25) is 5.02 Å². The van der Waals surface area contributed by atoms with Crippen LogP contribution < -0.4 is 5.32 Å². The average molecular weight is 282 g/mol. The van der Waals surface area contributed by atoms with E-state index in [1.54, 1.807) is 7.05 Å². The lowest BCUT2D eigenvalue weighted by Crippen LogP contribution is -2.20. The van der Waals surface area contributed by atoms with Crippen LogP contribution in [-0.2, 0) is 6.42 Å². The average Bonchev–Trinajstić information content (AvgIpc) is 2.42. The minimum absolute atomic E-state index is 0.198. The number of hydrogen-bond donors (Lipinski definition) is 1. The van der Waals surface area contributed by atoms with Crippen molar-refractivity contribution in [1.82, 2.24) is 5.32 Å². The zero-order valence-electron chi connectivity index (χ0n) is 10.5. The molecule has 2 rings (SSSR count). The van der Waals surface area contributed by atoms with Gasteiger partial charge in [-0.15, -0.1) is 0 Å². The molecule has 1 unspecified atom stereocenters. The Hall–Kier alpha value is -1.45. The molecule has 0 amide bonds. The highest BCUT2D eigenvalue weighted by molar-refractivity contribution is 6.30. The van der Waals surface area contributed by atoms with Gasteiger partial charge >= 0.3 is 0 Å². The van der Waals surface area contributed by atoms with Crippen LogP contribution in [-0.4, -0.2) is 7.05 Å². The second-order valence-corrected chi connectivity index (χ2v) is 4.73. The number of nitrogens with one attached hydrogen (secondary N) is 1. The van der Waals surface area contributed by atoms with E-state index in [2.05, 4.69) is 5.32 Å². The fourth-order valence-electron chi connectivity index (χ4n) is 2.02. The van der Waals surface area contributed by atoms with Crippen molar-refractivity contribution in [1.29, 1.82) is 0 Å². The molecule has 0 heterocycles. The van der Waals surface area contributed by atoms with Gasteiger partial charge in [-0.3, -0.25) is 0 Å². The van der Waals surface area contributed by atoms with E-state index in [9.17, 15) is 8.78 Å². The molecule has 2 aromatic rings. The minimum atomic E-state index is -0.605. The molecule has 0 aliphatic carbocycles. The zero-order chi connectivity index (χ0) is 13.8. The van der Waals surface area contributed by atoms with E-state index < -0.39 is 11.6 Å². The molecule has 100 valence electrons. The number of halogens is 3. The summed E-state index contributed by atoms with van der Waals surface area (Å²) >= 11 is 5.56. The maximum Gasteiger partial charge on any atom is 0.142 e. The van der Waals surface area contributed by atoms with Crippen LogP contribution >= 0.6 is 11.6 Å². The number of benzene rings is 2. The topological polar surface area (TPSA) is 12.0 Å². The summed E-state index contributed by atoms with van der Waals surface area (Å²) in [6, 6.07) is 11.5. The van der Waals surface area contributed by atoms with Crippen LogP contribution in [0, 0.1) is 11.6 Å². The predicted molar refractivity (Wildman–Crippen MR) is 73.3 cm³/mol. The first kappa shape index (κ1) is 14.0. The molecule has 0 aromatic heterocycles. The molecule has 4 heteroatoms. The molecule has 0 aliphatic heterocycles. The maximum atomic E-state index is 13.9. The van der Waals surface area contributed by atoms with Gasteiger partial charge in [0, 0.05) is 11.6 Å². The quantitative estimate of drug-likeness (QED) is 0.831. The van der Waals surface area contributed by atoms with E-state index >= 15 is 0 Å². The molecule has 0 aliphatic rings. The SMILES string of the molecule is CNC(Cc1ccccc1)c1cc(F)c(Cl)cc1F. The Kier molecular flexibility index (Phi) is 4.51. The van der Waals surface area contributed by atoms with Gasteiger partial charge in [-0.05, 0) is 31.2 Å². The monoisotopic (exact) mass is 281 g/mol. The van der Waals surface area contributed by atoms with Crippen molar-refractivity contribution < 1.29 is 8.78 Å². The van der Waals surface area contributed by atoms with E-state index in [-0.39, 0.29) is 16.6 Å². The minimum Gasteiger partial charge on any atom is -0.313 e. The first-order chi connectivity index (χ1) is 9.11. The lowest BCUT2D eigenvalue weighted by atomic mass is 9.98. The third kappa shape index (κ3) is 3.31. The van der Waals surface area contributed by atoms with E-state index in [0.29, 0.717) is 6.42 Å². The lowest BCUT2D eigenvalue weighted by Gasteiger charge is -2.18. The van der Waals surface area contributed by atoms with Crippen LogP contribution in [0.4, 0.5) is 8.78 Å². The Morgan fingerprint density at radius 3 is 2.42 bits per heavy atom. The van der Waals surface area contributed by atoms with E-state index in [0.717, 1.165) is 17.7 Å². The number of hydrogen-bond acceptors (Lipinski definition) is 1. The Morgan fingerprint density at radius 1 is 1.11 bits per heavy atom. The summed E-state index contributed by atoms with van der Waals surface area (Å²) in [6.45, 7) is 0. The van der Waals surface area contributed by atoms with Crippen molar-refractivity contribution in [2.24, 2.45) is 0 Å². The molecule has 1 N–H and O–H groups in total. The Labute approximate surface area is 116 Å². The summed E-state index contributed by atoms with van der Waals surface area (Å²) in [5.41, 5.74) is 1.34. The highest BCUT2D eigenvalue weighted by Crippen LogP contribution is 2.26. The molecule has 1 atom stereocenters. The zero-order valence-corrected chi connectivity index (χ0v) is 11.2. The molecule has 0 saturated heterocycles. The smallest absolute Gasteiger partial charge is 0.142 e. The number of likely N-dealkylation sites (N-methyl/N-ethyl adjacent to an activating group) is 1. The Bertz CT molecular complexity index is 558. The highest BCUT2D eigenvalue weighted by Gasteiger charge is 2.17. The summed E-state index contributed by atoms with van der Waals surface area (Å²) in [7, 11) is 1.72. The third-order valence-electron chi connectivity index (χ3n) is 3.05. The van der Waals surface area contributed by atoms with Crippen molar-refractivity contribution in [3.63, 3.8) is 0 Å². The van der Waals surface area contributed by atoms with Gasteiger partial charge in [0.05, 0.1) is 5.02 Å². The molecule has 0 bridgehead atoms. The third-order valence-corrected chi connectivity index (χ3v) is 3.34. The molecule has 0 radical (unpaired) electrons. The van der Waals surface area contributed by atoms with Crippen molar-refractivity contribution in [3.05, 3.63) is 70.2 Å². The molecular weight excluding hydrogens is 268 g/mol. The summed E-state index contributed by atoms with van der Waals surface area (Å²) in [4.78, 5) is 0. The van der Waals surface area contributed by atoms with Gasteiger partial charge in [-0.25, -0.2) is 8.78 Å². The summed E-state index contributed by atoms with van der Waals surface area (Å²) in [5.74, 6) is -1.10. The van der Waals surface area contributed by atoms with E-state index in [1.165, 1.54) is 0 Å². The van der Waals surface area contributed by atoms with E-state index in [4.69, 9.17) is 11.6 Å². The highest BCUT2D eigenvalue weighted by atomic mass is 35.5. The largest absolute Gasteiger partial charge is 0.313 e. The van der Waals surface area contributed by atoms with E-state index in [1.807, 2.05) is 30.3 Å². The van der Waals surface area contributed by atoms with Gasteiger partial charge in [-0.1, -0.05) is 41.9 Å². The summed E-state index contributed by atoms with van der Waals surface area (Å²) < 4.78 is 27.3. The van der Waals surface area contributed by atoms with Gasteiger partial charge in [0.15, 0.2) is 0 Å². The first-order valence-corrected chi connectivity index (χ1v) is 6.35. The normalized spacial score (nSPS) is 12.4. The van der Waals surface area contributed by atoms with Crippen LogP contribution in [0.1, 0.15) is 17.2 Å². The second-order valence-electron chi connectivity index (χ2n) is 4.32.